The zero-order valence-corrected chi connectivity index (χ0v) is 9.83. The molecule has 0 atom stereocenters. The van der Waals surface area contributed by atoms with E-state index < -0.39 is 0 Å². The number of Topliss-reactive ketones (excluding diaryl/α,β-unsaturated/α-hetero) is 1. The minimum absolute atomic E-state index is 0.0491. The van der Waals surface area contributed by atoms with E-state index in [0.29, 0.717) is 16.7 Å². The van der Waals surface area contributed by atoms with E-state index in [1.165, 1.54) is 13.0 Å². The number of carbonyl (C=O) groups is 1. The molecular weight excluding hydrogens is 215 g/mol. The summed E-state index contributed by atoms with van der Waals surface area (Å²) >= 11 is 0. The van der Waals surface area contributed by atoms with Gasteiger partial charge in [0.05, 0.1) is 0 Å². The van der Waals surface area contributed by atoms with E-state index in [-0.39, 0.29) is 11.6 Å². The van der Waals surface area contributed by atoms with Crippen LogP contribution in [0.4, 0.5) is 4.39 Å². The van der Waals surface area contributed by atoms with Gasteiger partial charge < -0.3 is 0 Å². The molecule has 0 saturated carbocycles. The van der Waals surface area contributed by atoms with Crippen molar-refractivity contribution in [2.45, 2.75) is 13.8 Å². The van der Waals surface area contributed by atoms with Crippen LogP contribution in [0.1, 0.15) is 22.8 Å². The van der Waals surface area contributed by atoms with Gasteiger partial charge in [0.1, 0.15) is 5.82 Å². The number of hydrogen-bond acceptors (Lipinski definition) is 1. The van der Waals surface area contributed by atoms with Crippen LogP contribution in [0, 0.1) is 12.7 Å². The molecule has 0 aliphatic carbocycles. The predicted octanol–water partition coefficient (Wildman–Crippen LogP) is 4.00. The van der Waals surface area contributed by atoms with Gasteiger partial charge in [-0.2, -0.15) is 0 Å². The van der Waals surface area contributed by atoms with Crippen molar-refractivity contribution in [3.63, 3.8) is 0 Å². The maximum absolute atomic E-state index is 13.8. The lowest BCUT2D eigenvalue weighted by molar-refractivity contribution is 0.101. The minimum Gasteiger partial charge on any atom is -0.294 e. The topological polar surface area (TPSA) is 17.1 Å². The maximum atomic E-state index is 13.8. The summed E-state index contributed by atoms with van der Waals surface area (Å²) < 4.78 is 13.8. The van der Waals surface area contributed by atoms with Gasteiger partial charge in [-0.25, -0.2) is 4.39 Å². The Balaban J connectivity index is 2.75. The molecule has 2 aromatic rings. The number of ketones is 1. The highest BCUT2D eigenvalue weighted by Gasteiger charge is 2.14. The first-order valence-electron chi connectivity index (χ1n) is 5.46. The molecule has 0 amide bonds. The molecule has 2 heteroatoms. The molecule has 2 aromatic carbocycles. The summed E-state index contributed by atoms with van der Waals surface area (Å²) in [6.07, 6.45) is 0. The first-order valence-corrected chi connectivity index (χ1v) is 5.46. The molecule has 0 N–H and O–H groups in total. The third kappa shape index (κ3) is 2.11. The standard InChI is InChI=1S/C15H13FO/c1-10-6-5-8-12(11(2)17)15(10)13-7-3-4-9-14(13)16/h3-9H,1-2H3. The molecule has 0 fully saturated rings. The molecule has 2 rings (SSSR count). The average molecular weight is 228 g/mol. The summed E-state index contributed by atoms with van der Waals surface area (Å²) in [6.45, 7) is 3.38. The zero-order chi connectivity index (χ0) is 12.4. The third-order valence-corrected chi connectivity index (χ3v) is 2.80. The second-order valence-corrected chi connectivity index (χ2v) is 4.03. The van der Waals surface area contributed by atoms with E-state index in [4.69, 9.17) is 0 Å². The van der Waals surface area contributed by atoms with Crippen LogP contribution < -0.4 is 0 Å². The Labute approximate surface area is 99.9 Å². The fourth-order valence-corrected chi connectivity index (χ4v) is 1.98. The molecule has 0 bridgehead atoms. The van der Waals surface area contributed by atoms with Gasteiger partial charge in [-0.3, -0.25) is 4.79 Å². The van der Waals surface area contributed by atoms with Crippen molar-refractivity contribution in [2.24, 2.45) is 0 Å². The average Bonchev–Trinajstić information content (AvgIpc) is 2.30. The molecule has 17 heavy (non-hydrogen) atoms. The van der Waals surface area contributed by atoms with Crippen LogP contribution in [0.15, 0.2) is 42.5 Å². The highest BCUT2D eigenvalue weighted by molar-refractivity contribution is 6.01. The predicted molar refractivity (Wildman–Crippen MR) is 66.6 cm³/mol. The lowest BCUT2D eigenvalue weighted by Crippen LogP contribution is -1.99. The van der Waals surface area contributed by atoms with Gasteiger partial charge in [-0.05, 0) is 31.0 Å². The Morgan fingerprint density at radius 1 is 1.06 bits per heavy atom. The van der Waals surface area contributed by atoms with Crippen LogP contribution in [-0.2, 0) is 0 Å². The Morgan fingerprint density at radius 3 is 2.41 bits per heavy atom. The summed E-state index contributed by atoms with van der Waals surface area (Å²) in [5.74, 6) is -0.351. The van der Waals surface area contributed by atoms with E-state index in [1.54, 1.807) is 24.3 Å². The highest BCUT2D eigenvalue weighted by Crippen LogP contribution is 2.29. The largest absolute Gasteiger partial charge is 0.294 e. The molecule has 0 aromatic heterocycles. The van der Waals surface area contributed by atoms with Gasteiger partial charge in [0.15, 0.2) is 5.78 Å². The van der Waals surface area contributed by atoms with E-state index in [2.05, 4.69) is 0 Å². The molecular formula is C15H13FO. The number of halogens is 1. The Hall–Kier alpha value is -1.96. The van der Waals surface area contributed by atoms with Crippen molar-refractivity contribution >= 4 is 5.78 Å². The van der Waals surface area contributed by atoms with E-state index in [1.807, 2.05) is 19.1 Å². The van der Waals surface area contributed by atoms with Gasteiger partial charge in [0, 0.05) is 11.1 Å². The highest BCUT2D eigenvalue weighted by atomic mass is 19.1. The van der Waals surface area contributed by atoms with E-state index >= 15 is 0 Å². The van der Waals surface area contributed by atoms with Gasteiger partial charge in [0.25, 0.3) is 0 Å². The number of aryl methyl sites for hydroxylation is 1. The second kappa shape index (κ2) is 4.50. The first-order chi connectivity index (χ1) is 8.11. The number of carbonyl (C=O) groups excluding carboxylic acids is 1. The summed E-state index contributed by atoms with van der Waals surface area (Å²) in [7, 11) is 0. The summed E-state index contributed by atoms with van der Waals surface area (Å²) in [4.78, 5) is 11.6. The van der Waals surface area contributed by atoms with Crippen molar-refractivity contribution in [3.8, 4) is 11.1 Å². The van der Waals surface area contributed by atoms with Crippen LogP contribution in [0.25, 0.3) is 11.1 Å². The lowest BCUT2D eigenvalue weighted by atomic mass is 9.93. The number of benzene rings is 2. The SMILES string of the molecule is CC(=O)c1cccc(C)c1-c1ccccc1F. The molecule has 0 radical (unpaired) electrons. The summed E-state index contributed by atoms with van der Waals surface area (Å²) in [5.41, 5.74) is 2.65. The third-order valence-electron chi connectivity index (χ3n) is 2.80. The van der Waals surface area contributed by atoms with Gasteiger partial charge in [-0.1, -0.05) is 36.4 Å². The smallest absolute Gasteiger partial charge is 0.160 e. The van der Waals surface area contributed by atoms with Gasteiger partial charge in [-0.15, -0.1) is 0 Å². The minimum atomic E-state index is -0.302. The lowest BCUT2D eigenvalue weighted by Gasteiger charge is -2.11. The van der Waals surface area contributed by atoms with Crippen molar-refractivity contribution in [3.05, 3.63) is 59.4 Å². The normalized spacial score (nSPS) is 10.3. The van der Waals surface area contributed by atoms with Crippen molar-refractivity contribution in [2.75, 3.05) is 0 Å². The fraction of sp³-hybridized carbons (Fsp3) is 0.133. The van der Waals surface area contributed by atoms with Crippen molar-refractivity contribution in [1.29, 1.82) is 0 Å². The molecule has 0 spiro atoms. The van der Waals surface area contributed by atoms with Crippen molar-refractivity contribution in [1.82, 2.24) is 0 Å². The van der Waals surface area contributed by atoms with Gasteiger partial charge >= 0.3 is 0 Å². The van der Waals surface area contributed by atoms with E-state index in [0.717, 1.165) is 5.56 Å². The summed E-state index contributed by atoms with van der Waals surface area (Å²) in [6, 6.07) is 12.0. The second-order valence-electron chi connectivity index (χ2n) is 4.03. The van der Waals surface area contributed by atoms with Gasteiger partial charge in [0.2, 0.25) is 0 Å². The molecule has 0 aliphatic rings. The van der Waals surface area contributed by atoms with Crippen LogP contribution >= 0.6 is 0 Å². The Bertz CT molecular complexity index is 573. The first kappa shape index (κ1) is 11.5. The molecule has 1 nitrogen and oxygen atoms in total. The van der Waals surface area contributed by atoms with Crippen LogP contribution in [0.3, 0.4) is 0 Å². The quantitative estimate of drug-likeness (QED) is 0.710. The maximum Gasteiger partial charge on any atom is 0.160 e. The van der Waals surface area contributed by atoms with Crippen LogP contribution in [0.2, 0.25) is 0 Å². The monoisotopic (exact) mass is 228 g/mol. The Kier molecular flexibility index (Phi) is 3.05. The molecule has 0 heterocycles. The molecule has 86 valence electrons. The Morgan fingerprint density at radius 2 is 1.76 bits per heavy atom. The molecule has 0 unspecified atom stereocenters. The number of rotatable bonds is 2. The van der Waals surface area contributed by atoms with Crippen LogP contribution in [0.5, 0.6) is 0 Å². The van der Waals surface area contributed by atoms with Crippen LogP contribution in [-0.4, -0.2) is 5.78 Å². The fourth-order valence-electron chi connectivity index (χ4n) is 1.98. The zero-order valence-electron chi connectivity index (χ0n) is 9.83. The molecule has 0 aliphatic heterocycles. The summed E-state index contributed by atoms with van der Waals surface area (Å²) in [5, 5.41) is 0. The van der Waals surface area contributed by atoms with E-state index in [9.17, 15) is 9.18 Å². The molecule has 0 saturated heterocycles. The number of hydrogen-bond donors (Lipinski definition) is 0. The van der Waals surface area contributed by atoms with Crippen molar-refractivity contribution < 1.29 is 9.18 Å².